The molecule has 8 aromatic carbocycles. The van der Waals surface area contributed by atoms with Crippen molar-refractivity contribution < 1.29 is 28.1 Å². The van der Waals surface area contributed by atoms with Crippen molar-refractivity contribution in [2.75, 3.05) is 0 Å². The molecule has 0 saturated heterocycles. The van der Waals surface area contributed by atoms with Gasteiger partial charge in [0.05, 0.1) is 14.1 Å². The summed E-state index contributed by atoms with van der Waals surface area (Å²) in [4.78, 5) is 0. The molecule has 10 aromatic rings. The molecule has 72 heavy (non-hydrogen) atoms. The molecule has 0 amide bonds. The van der Waals surface area contributed by atoms with E-state index in [0.717, 1.165) is 101 Å². The Morgan fingerprint density at radius 3 is 0.875 bits per heavy atom. The number of benzene rings is 8. The second kappa shape index (κ2) is 21.2. The lowest BCUT2D eigenvalue weighted by Crippen LogP contribution is -2.23. The molecule has 0 N–H and O–H groups in total. The van der Waals surface area contributed by atoms with Crippen LogP contribution in [0, 0.1) is 0 Å². The normalized spacial score (nSPS) is 12.0. The van der Waals surface area contributed by atoms with Crippen molar-refractivity contribution in [3.05, 3.63) is 286 Å². The number of hydrogen-bond donors (Lipinski definition) is 0. The largest absolute Gasteiger partial charge is 0.488 e. The first-order valence-electron chi connectivity index (χ1n) is 24.7. The fourth-order valence-electron chi connectivity index (χ4n) is 9.82. The highest BCUT2D eigenvalue weighted by molar-refractivity contribution is 5.60. The van der Waals surface area contributed by atoms with E-state index in [0.29, 0.717) is 52.1 Å². The van der Waals surface area contributed by atoms with Crippen LogP contribution in [0.2, 0.25) is 0 Å². The molecular formula is C64H58N4O4+2. The Bertz CT molecular complexity index is 3210. The lowest BCUT2D eigenvalue weighted by molar-refractivity contribution is -0.670. The Kier molecular flexibility index (Phi) is 13.5. The van der Waals surface area contributed by atoms with Gasteiger partial charge in [0.1, 0.15) is 85.6 Å². The third-order valence-electron chi connectivity index (χ3n) is 13.4. The molecule has 1 aliphatic rings. The van der Waals surface area contributed by atoms with Crippen LogP contribution in [0.15, 0.2) is 219 Å². The van der Waals surface area contributed by atoms with Crippen molar-refractivity contribution in [3.8, 4) is 34.4 Å². The molecule has 2 heterocycles. The van der Waals surface area contributed by atoms with E-state index in [4.69, 9.17) is 18.9 Å². The van der Waals surface area contributed by atoms with Crippen molar-refractivity contribution in [3.63, 3.8) is 0 Å². The Morgan fingerprint density at radius 1 is 0.333 bits per heavy atom. The zero-order valence-corrected chi connectivity index (χ0v) is 40.9. The van der Waals surface area contributed by atoms with Gasteiger partial charge in [-0.25, -0.2) is 18.3 Å². The van der Waals surface area contributed by atoms with Crippen LogP contribution < -0.4 is 28.1 Å². The third-order valence-corrected chi connectivity index (χ3v) is 13.4. The molecule has 1 aliphatic carbocycles. The van der Waals surface area contributed by atoms with Gasteiger partial charge >= 0.3 is 0 Å². The van der Waals surface area contributed by atoms with Crippen LogP contribution in [-0.4, -0.2) is 9.13 Å². The van der Waals surface area contributed by atoms with E-state index in [2.05, 4.69) is 228 Å². The third kappa shape index (κ3) is 10.6. The molecule has 11 rings (SSSR count). The summed E-state index contributed by atoms with van der Waals surface area (Å²) in [6.45, 7) is 1.65. The Labute approximate surface area is 422 Å². The Hall–Kier alpha value is -8.62. The molecular weight excluding hydrogens is 889 g/mol. The minimum absolute atomic E-state index is 0.402. The van der Waals surface area contributed by atoms with E-state index in [1.807, 2.05) is 24.3 Å². The van der Waals surface area contributed by atoms with Gasteiger partial charge in [0.2, 0.25) is 12.7 Å². The molecule has 0 radical (unpaired) electrons. The predicted molar refractivity (Wildman–Crippen MR) is 281 cm³/mol. The summed E-state index contributed by atoms with van der Waals surface area (Å²) >= 11 is 0. The van der Waals surface area contributed by atoms with Gasteiger partial charge in [-0.3, -0.25) is 0 Å². The first-order chi connectivity index (χ1) is 35.5. The van der Waals surface area contributed by atoms with Gasteiger partial charge in [-0.2, -0.15) is 0 Å². The van der Waals surface area contributed by atoms with Crippen molar-refractivity contribution in [2.45, 2.75) is 52.1 Å². The molecule has 8 bridgehead atoms. The Morgan fingerprint density at radius 2 is 0.597 bits per heavy atom. The number of aryl methyl sites for hydroxylation is 2. The molecule has 8 nitrogen and oxygen atoms in total. The van der Waals surface area contributed by atoms with Crippen LogP contribution >= 0.6 is 0 Å². The standard InChI is InChI=1S/C64H58N4O4/c1-65-29-31-67(45-65)59-37-55-34-53-27-15-25-51(61(53)69-41-47-17-7-3-8-18-47)33-52-26-16-28-54(62(52)70-42-48-19-9-4-10-20-48)35-56-38-60(68-32-30-66(2)46-68)40-58(64(56)72-44-50-23-13-6-14-24-50)36-57(39-59)63(55)71-43-49-21-11-5-12-22-49/h3-32,37-40,45-46H,33-36,41-44H2,1-2H3/q+2. The van der Waals surface area contributed by atoms with Crippen molar-refractivity contribution in [1.82, 2.24) is 9.13 Å². The number of fused-ring (bicyclic) bond motifs is 8. The van der Waals surface area contributed by atoms with Crippen LogP contribution in [0.1, 0.15) is 66.8 Å². The summed E-state index contributed by atoms with van der Waals surface area (Å²) in [5.41, 5.74) is 15.0. The molecule has 2 aromatic heterocycles. The molecule has 0 atom stereocenters. The topological polar surface area (TPSA) is 54.5 Å². The van der Waals surface area contributed by atoms with Gasteiger partial charge in [0.25, 0.3) is 0 Å². The van der Waals surface area contributed by atoms with Gasteiger partial charge in [0, 0.05) is 47.9 Å². The summed E-state index contributed by atoms with van der Waals surface area (Å²) in [6.07, 6.45) is 14.8. The number of imidazole rings is 2. The van der Waals surface area contributed by atoms with Crippen molar-refractivity contribution >= 4 is 0 Å². The zero-order valence-electron chi connectivity index (χ0n) is 40.9. The lowest BCUT2D eigenvalue weighted by atomic mass is 9.90. The maximum atomic E-state index is 7.19. The molecule has 0 spiro atoms. The molecule has 0 saturated carbocycles. The highest BCUT2D eigenvalue weighted by atomic mass is 16.5. The lowest BCUT2D eigenvalue weighted by Gasteiger charge is -2.23. The van der Waals surface area contributed by atoms with Gasteiger partial charge in [-0.05, 0) is 68.8 Å². The average Bonchev–Trinajstić information content (AvgIpc) is 4.06. The minimum Gasteiger partial charge on any atom is -0.488 e. The summed E-state index contributed by atoms with van der Waals surface area (Å²) in [5, 5.41) is 0. The molecule has 0 unspecified atom stereocenters. The fourth-order valence-corrected chi connectivity index (χ4v) is 9.82. The summed E-state index contributed by atoms with van der Waals surface area (Å²) < 4.78 is 37.0. The maximum Gasteiger partial charge on any atom is 0.248 e. The molecule has 356 valence electrons. The van der Waals surface area contributed by atoms with E-state index in [1.54, 1.807) is 0 Å². The SMILES string of the molecule is C[n+]1ccn(-c2cc3c(OCc4ccccc4)c(c2)Cc2cc(-n4cc[n+](C)c4)cc(c2OCc2ccccc2)Cc2cccc(c2OCc2ccccc2)Cc2cccc(c2OCc2ccccc2)C3)c1. The minimum atomic E-state index is 0.402. The van der Waals surface area contributed by atoms with Crippen molar-refractivity contribution in [2.24, 2.45) is 14.1 Å². The van der Waals surface area contributed by atoms with Gasteiger partial charge in [0.15, 0.2) is 0 Å². The van der Waals surface area contributed by atoms with Crippen LogP contribution in [0.4, 0.5) is 0 Å². The monoisotopic (exact) mass is 946 g/mol. The van der Waals surface area contributed by atoms with Gasteiger partial charge in [-0.1, -0.05) is 158 Å². The average molecular weight is 947 g/mol. The van der Waals surface area contributed by atoms with Crippen LogP contribution in [0.5, 0.6) is 23.0 Å². The van der Waals surface area contributed by atoms with E-state index in [1.165, 1.54) is 0 Å². The number of para-hydroxylation sites is 2. The van der Waals surface area contributed by atoms with Crippen LogP contribution in [-0.2, 0) is 66.2 Å². The van der Waals surface area contributed by atoms with E-state index >= 15 is 0 Å². The number of aromatic nitrogens is 4. The highest BCUT2D eigenvalue weighted by Crippen LogP contribution is 2.41. The maximum absolute atomic E-state index is 7.19. The van der Waals surface area contributed by atoms with Crippen LogP contribution in [0.25, 0.3) is 11.4 Å². The van der Waals surface area contributed by atoms with E-state index in [9.17, 15) is 0 Å². The molecule has 8 heteroatoms. The van der Waals surface area contributed by atoms with Crippen molar-refractivity contribution in [1.29, 1.82) is 0 Å². The number of ether oxygens (including phenoxy) is 4. The first kappa shape index (κ1) is 45.8. The predicted octanol–water partition coefficient (Wildman–Crippen LogP) is 11.9. The fraction of sp³-hybridized carbons (Fsp3) is 0.156. The van der Waals surface area contributed by atoms with Gasteiger partial charge < -0.3 is 18.9 Å². The summed E-state index contributed by atoms with van der Waals surface area (Å²) in [7, 11) is 4.11. The quantitative estimate of drug-likeness (QED) is 0.102. The zero-order chi connectivity index (χ0) is 48.6. The van der Waals surface area contributed by atoms with Gasteiger partial charge in [-0.15, -0.1) is 0 Å². The number of rotatable bonds is 14. The Balaban J connectivity index is 1.16. The van der Waals surface area contributed by atoms with Crippen LogP contribution in [0.3, 0.4) is 0 Å². The molecule has 0 fully saturated rings. The van der Waals surface area contributed by atoms with E-state index in [-0.39, 0.29) is 0 Å². The highest BCUT2D eigenvalue weighted by Gasteiger charge is 2.26. The smallest absolute Gasteiger partial charge is 0.248 e. The summed E-state index contributed by atoms with van der Waals surface area (Å²) in [5.74, 6) is 3.43. The second-order valence-corrected chi connectivity index (χ2v) is 18.8. The number of hydrogen-bond acceptors (Lipinski definition) is 4. The first-order valence-corrected chi connectivity index (χ1v) is 24.7. The second-order valence-electron chi connectivity index (χ2n) is 18.8. The molecule has 0 aliphatic heterocycles. The summed E-state index contributed by atoms with van der Waals surface area (Å²) in [6, 6.07) is 64.0. The van der Waals surface area contributed by atoms with E-state index < -0.39 is 0 Å². The number of nitrogens with zero attached hydrogens (tertiary/aromatic N) is 4.